The van der Waals surface area contributed by atoms with E-state index in [1.165, 1.54) is 18.2 Å². The normalized spacial score (nSPS) is 20.2. The van der Waals surface area contributed by atoms with Crippen LogP contribution in [-0.4, -0.2) is 47.0 Å². The van der Waals surface area contributed by atoms with Gasteiger partial charge in [-0.3, -0.25) is 4.98 Å². The van der Waals surface area contributed by atoms with Gasteiger partial charge in [-0.05, 0) is 87.3 Å². The van der Waals surface area contributed by atoms with Crippen LogP contribution in [0, 0.1) is 18.7 Å². The third-order valence-corrected chi connectivity index (χ3v) is 8.26. The highest BCUT2D eigenvalue weighted by atomic mass is 32.2. The predicted molar refractivity (Wildman–Crippen MR) is 135 cm³/mol. The molecule has 0 bridgehead atoms. The van der Waals surface area contributed by atoms with Crippen LogP contribution in [0.3, 0.4) is 0 Å². The smallest absolute Gasteiger partial charge is 0.241 e. The fourth-order valence-corrected chi connectivity index (χ4v) is 5.99. The first-order valence-corrected chi connectivity index (χ1v) is 13.8. The van der Waals surface area contributed by atoms with Crippen LogP contribution in [0.25, 0.3) is 11.5 Å². The molecule has 3 N–H and O–H groups in total. The minimum absolute atomic E-state index is 0.127. The lowest BCUT2D eigenvalue weighted by molar-refractivity contribution is 0.323. The average Bonchev–Trinajstić information content (AvgIpc) is 3.67. The second kappa shape index (κ2) is 10.4. The first-order valence-electron chi connectivity index (χ1n) is 12.3. The summed E-state index contributed by atoms with van der Waals surface area (Å²) >= 11 is 0. The van der Waals surface area contributed by atoms with Crippen LogP contribution >= 0.6 is 0 Å². The highest BCUT2D eigenvalue weighted by Crippen LogP contribution is 2.28. The minimum atomic E-state index is -3.69. The van der Waals surface area contributed by atoms with Crippen LogP contribution < -0.4 is 15.4 Å². The molecule has 2 fully saturated rings. The molecule has 190 valence electrons. The second-order valence-electron chi connectivity index (χ2n) is 9.57. The lowest BCUT2D eigenvalue weighted by atomic mass is 9.86. The van der Waals surface area contributed by atoms with E-state index in [2.05, 4.69) is 35.3 Å². The zero-order valence-electron chi connectivity index (χ0n) is 20.1. The molecule has 2 aliphatic carbocycles. The molecule has 0 amide bonds. The molecule has 5 rings (SSSR count). The van der Waals surface area contributed by atoms with Crippen molar-refractivity contribution in [2.75, 3.05) is 17.2 Å². The third kappa shape index (κ3) is 6.14. The van der Waals surface area contributed by atoms with Gasteiger partial charge < -0.3 is 10.6 Å². The van der Waals surface area contributed by atoms with Crippen LogP contribution in [0.2, 0.25) is 0 Å². The molecule has 2 saturated carbocycles. The average molecular weight is 512 g/mol. The summed E-state index contributed by atoms with van der Waals surface area (Å²) in [7, 11) is -3.69. The lowest BCUT2D eigenvalue weighted by Crippen LogP contribution is -2.38. The van der Waals surface area contributed by atoms with Gasteiger partial charge >= 0.3 is 0 Å². The summed E-state index contributed by atoms with van der Waals surface area (Å²) in [5.74, 6) is 1.49. The zero-order valence-corrected chi connectivity index (χ0v) is 20.9. The number of aromatic nitrogens is 4. The van der Waals surface area contributed by atoms with Crippen LogP contribution in [0.5, 0.6) is 0 Å². The summed E-state index contributed by atoms with van der Waals surface area (Å²) in [6.45, 7) is 2.29. The molecule has 0 aliphatic heterocycles. The monoisotopic (exact) mass is 511 g/mol. The van der Waals surface area contributed by atoms with Gasteiger partial charge in [-0.1, -0.05) is 6.07 Å². The zero-order chi connectivity index (χ0) is 25.1. The molecule has 1 aromatic carbocycles. The Kier molecular flexibility index (Phi) is 7.10. The Balaban J connectivity index is 1.18. The number of halogens is 1. The summed E-state index contributed by atoms with van der Waals surface area (Å²) in [4.78, 5) is 18.1. The molecule has 36 heavy (non-hydrogen) atoms. The Bertz CT molecular complexity index is 1310. The summed E-state index contributed by atoms with van der Waals surface area (Å²) in [6, 6.07) is 9.63. The van der Waals surface area contributed by atoms with Crippen molar-refractivity contribution in [3.63, 3.8) is 0 Å². The maximum absolute atomic E-state index is 13.4. The molecule has 9 nitrogen and oxygen atoms in total. The molecule has 2 aromatic heterocycles. The number of nitrogens with one attached hydrogen (secondary N) is 3. The van der Waals surface area contributed by atoms with Crippen LogP contribution in [0.4, 0.5) is 16.3 Å². The van der Waals surface area contributed by atoms with E-state index >= 15 is 0 Å². The maximum Gasteiger partial charge on any atom is 0.241 e. The van der Waals surface area contributed by atoms with E-state index in [1.54, 1.807) is 13.1 Å². The molecule has 0 saturated heterocycles. The van der Waals surface area contributed by atoms with E-state index in [4.69, 9.17) is 0 Å². The second-order valence-corrected chi connectivity index (χ2v) is 11.3. The van der Waals surface area contributed by atoms with Gasteiger partial charge in [0.05, 0.1) is 4.90 Å². The highest BCUT2D eigenvalue weighted by molar-refractivity contribution is 7.89. The van der Waals surface area contributed by atoms with Gasteiger partial charge in [0.25, 0.3) is 0 Å². The van der Waals surface area contributed by atoms with Crippen LogP contribution in [0.1, 0.15) is 44.1 Å². The van der Waals surface area contributed by atoms with Gasteiger partial charge in [0.15, 0.2) is 5.82 Å². The number of sulfonamides is 1. The summed E-state index contributed by atoms with van der Waals surface area (Å²) in [5.41, 5.74) is 1.09. The fourth-order valence-electron chi connectivity index (χ4n) is 4.46. The van der Waals surface area contributed by atoms with Crippen LogP contribution in [0.15, 0.2) is 47.5 Å². The molecule has 3 aromatic rings. The van der Waals surface area contributed by atoms with Crippen molar-refractivity contribution in [1.29, 1.82) is 0 Å². The third-order valence-electron chi connectivity index (χ3n) is 6.58. The highest BCUT2D eigenvalue weighted by Gasteiger charge is 2.27. The van der Waals surface area contributed by atoms with Gasteiger partial charge in [-0.2, -0.15) is 15.0 Å². The number of anilines is 2. The van der Waals surface area contributed by atoms with Gasteiger partial charge in [-0.25, -0.2) is 17.5 Å². The fraction of sp³-hybridized carbons (Fsp3) is 0.440. The van der Waals surface area contributed by atoms with E-state index in [1.807, 2.05) is 18.2 Å². The van der Waals surface area contributed by atoms with Gasteiger partial charge in [0, 0.05) is 24.8 Å². The first-order chi connectivity index (χ1) is 17.4. The minimum Gasteiger partial charge on any atom is -0.354 e. The van der Waals surface area contributed by atoms with Crippen molar-refractivity contribution >= 4 is 21.9 Å². The van der Waals surface area contributed by atoms with Gasteiger partial charge in [0.1, 0.15) is 11.5 Å². The van der Waals surface area contributed by atoms with Gasteiger partial charge in [-0.15, -0.1) is 0 Å². The Morgan fingerprint density at radius 2 is 1.69 bits per heavy atom. The van der Waals surface area contributed by atoms with E-state index < -0.39 is 15.8 Å². The number of aryl methyl sites for hydroxylation is 1. The largest absolute Gasteiger partial charge is 0.354 e. The van der Waals surface area contributed by atoms with Gasteiger partial charge in [0.2, 0.25) is 21.9 Å². The predicted octanol–water partition coefficient (Wildman–Crippen LogP) is 3.90. The molecule has 2 aliphatic rings. The number of hydrogen-bond donors (Lipinski definition) is 3. The topological polar surface area (TPSA) is 122 Å². The SMILES string of the molecule is Cc1cc(F)ccc1S(=O)(=O)NC1CCC(CNc2nc(NC3CC3)nc(-c3ccccn3)n2)CC1. The summed E-state index contributed by atoms with van der Waals surface area (Å²) in [6.07, 6.45) is 7.14. The van der Waals surface area contributed by atoms with E-state index in [0.29, 0.717) is 47.5 Å². The Hall–Kier alpha value is -3.18. The molecule has 0 radical (unpaired) electrons. The quantitative estimate of drug-likeness (QED) is 0.395. The summed E-state index contributed by atoms with van der Waals surface area (Å²) in [5, 5.41) is 6.69. The molecular weight excluding hydrogens is 481 g/mol. The Morgan fingerprint density at radius 1 is 0.944 bits per heavy atom. The lowest BCUT2D eigenvalue weighted by Gasteiger charge is -2.29. The van der Waals surface area contributed by atoms with Crippen molar-refractivity contribution in [3.05, 3.63) is 54.0 Å². The molecule has 11 heteroatoms. The molecule has 0 atom stereocenters. The number of hydrogen-bond acceptors (Lipinski definition) is 8. The van der Waals surface area contributed by atoms with E-state index in [0.717, 1.165) is 38.5 Å². The summed E-state index contributed by atoms with van der Waals surface area (Å²) < 4.78 is 41.8. The van der Waals surface area contributed by atoms with Crippen molar-refractivity contribution < 1.29 is 12.8 Å². The van der Waals surface area contributed by atoms with Crippen LogP contribution in [-0.2, 0) is 10.0 Å². The van der Waals surface area contributed by atoms with Crippen molar-refractivity contribution in [2.45, 2.75) is 62.4 Å². The number of benzene rings is 1. The van der Waals surface area contributed by atoms with E-state index in [9.17, 15) is 12.8 Å². The molecule has 0 spiro atoms. The van der Waals surface area contributed by atoms with Crippen molar-refractivity contribution in [1.82, 2.24) is 24.7 Å². The van der Waals surface area contributed by atoms with Crippen molar-refractivity contribution in [2.24, 2.45) is 5.92 Å². The van der Waals surface area contributed by atoms with E-state index in [-0.39, 0.29) is 10.9 Å². The number of nitrogens with zero attached hydrogens (tertiary/aromatic N) is 4. The Morgan fingerprint density at radius 3 is 2.39 bits per heavy atom. The number of pyridine rings is 1. The number of rotatable bonds is 9. The molecule has 2 heterocycles. The standard InChI is InChI=1S/C25H30FN7O2S/c1-16-14-18(26)7-12-22(16)36(34,35)33-20-8-5-17(6-9-20)15-28-24-30-23(21-4-2-3-13-27-21)31-25(32-24)29-19-10-11-19/h2-4,7,12-14,17,19-20,33H,5-6,8-11,15H2,1H3,(H2,28,29,30,31,32). The Labute approximate surface area is 210 Å². The first kappa shape index (κ1) is 24.5. The molecular formula is C25H30FN7O2S. The molecule has 0 unspecified atom stereocenters. The maximum atomic E-state index is 13.4. The van der Waals surface area contributed by atoms with Crippen molar-refractivity contribution in [3.8, 4) is 11.5 Å².